The molecule has 0 spiro atoms. The second-order valence-electron chi connectivity index (χ2n) is 4.77. The van der Waals surface area contributed by atoms with Gasteiger partial charge in [-0.1, -0.05) is 54.1 Å². The molecule has 0 aliphatic rings. The van der Waals surface area contributed by atoms with Gasteiger partial charge in [0, 0.05) is 5.02 Å². The molecule has 0 unspecified atom stereocenters. The van der Waals surface area contributed by atoms with E-state index in [4.69, 9.17) is 16.0 Å². The van der Waals surface area contributed by atoms with E-state index in [1.807, 2.05) is 54.6 Å². The number of carbonyl (C=O) groups is 1. The molecule has 0 saturated carbocycles. The van der Waals surface area contributed by atoms with Crippen LogP contribution in [0.3, 0.4) is 0 Å². The first-order valence-electron chi connectivity index (χ1n) is 6.85. The van der Waals surface area contributed by atoms with Crippen LogP contribution in [0.15, 0.2) is 83.5 Å². The molecule has 3 rings (SSSR count). The summed E-state index contributed by atoms with van der Waals surface area (Å²) >= 11 is 5.95. The van der Waals surface area contributed by atoms with Crippen LogP contribution in [0.1, 0.15) is 21.7 Å². The molecule has 0 aliphatic heterocycles. The molecule has 2 nitrogen and oxygen atoms in total. The zero-order chi connectivity index (χ0) is 15.4. The average molecular weight is 309 g/mol. The minimum atomic E-state index is -0.168. The van der Waals surface area contributed by atoms with E-state index in [0.717, 1.165) is 16.7 Å². The van der Waals surface area contributed by atoms with E-state index >= 15 is 0 Å². The van der Waals surface area contributed by atoms with Gasteiger partial charge in [0.15, 0.2) is 5.76 Å². The highest BCUT2D eigenvalue weighted by atomic mass is 35.5. The molecular weight excluding hydrogens is 296 g/mol. The smallest absolute Gasteiger partial charge is 0.221 e. The molecule has 108 valence electrons. The van der Waals surface area contributed by atoms with Gasteiger partial charge in [-0.3, -0.25) is 4.79 Å². The number of benzene rings is 2. The molecule has 0 bridgehead atoms. The molecule has 22 heavy (non-hydrogen) atoms. The maximum Gasteiger partial charge on any atom is 0.221 e. The van der Waals surface area contributed by atoms with Gasteiger partial charge in [0.1, 0.15) is 0 Å². The fraction of sp³-hybridized carbons (Fsp3) is 0. The normalized spacial score (nSPS) is 11.4. The molecule has 3 heteroatoms. The van der Waals surface area contributed by atoms with Crippen molar-refractivity contribution in [1.29, 1.82) is 0 Å². The van der Waals surface area contributed by atoms with Crippen LogP contribution in [0.25, 0.3) is 5.57 Å². The first kappa shape index (κ1) is 14.4. The number of allylic oxidation sites excluding steroid dienone is 1. The van der Waals surface area contributed by atoms with E-state index in [-0.39, 0.29) is 5.78 Å². The van der Waals surface area contributed by atoms with Gasteiger partial charge in [0.05, 0.1) is 6.26 Å². The lowest BCUT2D eigenvalue weighted by atomic mass is 9.96. The summed E-state index contributed by atoms with van der Waals surface area (Å²) in [6.45, 7) is 0. The molecule has 0 fully saturated rings. The Morgan fingerprint density at radius 1 is 0.864 bits per heavy atom. The average Bonchev–Trinajstić information content (AvgIpc) is 3.09. The van der Waals surface area contributed by atoms with Crippen molar-refractivity contribution in [1.82, 2.24) is 0 Å². The van der Waals surface area contributed by atoms with E-state index in [2.05, 4.69) is 0 Å². The molecule has 3 aromatic rings. The predicted molar refractivity (Wildman–Crippen MR) is 88.0 cm³/mol. The minimum absolute atomic E-state index is 0.168. The fourth-order valence-electron chi connectivity index (χ4n) is 2.20. The predicted octanol–water partition coefficient (Wildman–Crippen LogP) is 5.25. The van der Waals surface area contributed by atoms with Crippen LogP contribution in [0.5, 0.6) is 0 Å². The Balaban J connectivity index is 2.07. The van der Waals surface area contributed by atoms with Gasteiger partial charge >= 0.3 is 0 Å². The number of hydrogen-bond acceptors (Lipinski definition) is 2. The van der Waals surface area contributed by atoms with Crippen LogP contribution in [0, 0.1) is 0 Å². The van der Waals surface area contributed by atoms with Gasteiger partial charge < -0.3 is 4.42 Å². The summed E-state index contributed by atoms with van der Waals surface area (Å²) in [5.74, 6) is 0.154. The number of carbonyl (C=O) groups excluding carboxylic acids is 1. The topological polar surface area (TPSA) is 30.2 Å². The zero-order valence-electron chi connectivity index (χ0n) is 11.7. The SMILES string of the molecule is O=C(C=C(c1ccccc1)c1ccc(Cl)cc1)c1ccco1. The summed E-state index contributed by atoms with van der Waals surface area (Å²) in [6, 6.07) is 20.5. The highest BCUT2D eigenvalue weighted by Crippen LogP contribution is 2.25. The zero-order valence-corrected chi connectivity index (χ0v) is 12.5. The molecule has 1 aromatic heterocycles. The molecular formula is C19H13ClO2. The maximum absolute atomic E-state index is 12.3. The lowest BCUT2D eigenvalue weighted by Gasteiger charge is -2.08. The third-order valence-corrected chi connectivity index (χ3v) is 3.53. The molecule has 0 atom stereocenters. The lowest BCUT2D eigenvalue weighted by Crippen LogP contribution is -1.96. The van der Waals surface area contributed by atoms with Gasteiger partial charge in [0.2, 0.25) is 5.78 Å². The quantitative estimate of drug-likeness (QED) is 0.487. The lowest BCUT2D eigenvalue weighted by molar-refractivity contribution is 0.102. The van der Waals surface area contributed by atoms with Crippen LogP contribution in [0.4, 0.5) is 0 Å². The summed E-state index contributed by atoms with van der Waals surface area (Å²) in [5, 5.41) is 0.661. The third kappa shape index (κ3) is 3.18. The van der Waals surface area contributed by atoms with Crippen molar-refractivity contribution in [3.8, 4) is 0 Å². The molecule has 0 saturated heterocycles. The first-order chi connectivity index (χ1) is 10.7. The summed E-state index contributed by atoms with van der Waals surface area (Å²) in [5.41, 5.74) is 2.72. The van der Waals surface area contributed by atoms with Crippen LogP contribution in [0.2, 0.25) is 5.02 Å². The maximum atomic E-state index is 12.3. The van der Waals surface area contributed by atoms with E-state index in [1.165, 1.54) is 6.26 Å². The van der Waals surface area contributed by atoms with Gasteiger partial charge in [-0.15, -0.1) is 0 Å². The number of furan rings is 1. The molecule has 2 aromatic carbocycles. The van der Waals surface area contributed by atoms with Crippen molar-refractivity contribution in [3.63, 3.8) is 0 Å². The fourth-order valence-corrected chi connectivity index (χ4v) is 2.33. The van der Waals surface area contributed by atoms with Crippen LogP contribution >= 0.6 is 11.6 Å². The van der Waals surface area contributed by atoms with Gasteiger partial charge in [-0.25, -0.2) is 0 Å². The van der Waals surface area contributed by atoms with Crippen LogP contribution < -0.4 is 0 Å². The molecule has 0 aliphatic carbocycles. The summed E-state index contributed by atoms with van der Waals surface area (Å²) in [6.07, 6.45) is 3.09. The third-order valence-electron chi connectivity index (χ3n) is 3.28. The van der Waals surface area contributed by atoms with Gasteiger partial charge in [-0.2, -0.15) is 0 Å². The largest absolute Gasteiger partial charge is 0.461 e. The van der Waals surface area contributed by atoms with Crippen molar-refractivity contribution >= 4 is 23.0 Å². The summed E-state index contributed by atoms with van der Waals surface area (Å²) < 4.78 is 5.17. The number of rotatable bonds is 4. The Morgan fingerprint density at radius 3 is 2.18 bits per heavy atom. The van der Waals surface area contributed by atoms with Crippen molar-refractivity contribution in [3.05, 3.63) is 101 Å². The van der Waals surface area contributed by atoms with E-state index < -0.39 is 0 Å². The molecule has 0 radical (unpaired) electrons. The standard InChI is InChI=1S/C19H13ClO2/c20-16-10-8-15(9-11-16)17(14-5-2-1-3-6-14)13-18(21)19-7-4-12-22-19/h1-13H. The second kappa shape index (κ2) is 6.46. The minimum Gasteiger partial charge on any atom is -0.461 e. The molecule has 1 heterocycles. The van der Waals surface area contributed by atoms with Crippen molar-refractivity contribution in [2.75, 3.05) is 0 Å². The number of hydrogen-bond donors (Lipinski definition) is 0. The monoisotopic (exact) mass is 308 g/mol. The van der Waals surface area contributed by atoms with Crippen LogP contribution in [-0.2, 0) is 0 Å². The Labute approximate surface area is 133 Å². The molecule has 0 amide bonds. The molecule has 0 N–H and O–H groups in total. The van der Waals surface area contributed by atoms with E-state index in [0.29, 0.717) is 10.8 Å². The van der Waals surface area contributed by atoms with Crippen LogP contribution in [-0.4, -0.2) is 5.78 Å². The van der Waals surface area contributed by atoms with E-state index in [1.54, 1.807) is 18.2 Å². The first-order valence-corrected chi connectivity index (χ1v) is 7.23. The number of halogens is 1. The van der Waals surface area contributed by atoms with Crippen molar-refractivity contribution in [2.45, 2.75) is 0 Å². The Morgan fingerprint density at radius 2 is 1.55 bits per heavy atom. The highest BCUT2D eigenvalue weighted by molar-refractivity contribution is 6.30. The Hall–Kier alpha value is -2.58. The van der Waals surface area contributed by atoms with E-state index in [9.17, 15) is 4.79 Å². The van der Waals surface area contributed by atoms with Gasteiger partial charge in [-0.05, 0) is 47.0 Å². The van der Waals surface area contributed by atoms with Crippen molar-refractivity contribution < 1.29 is 9.21 Å². The Kier molecular flexibility index (Phi) is 4.22. The highest BCUT2D eigenvalue weighted by Gasteiger charge is 2.11. The van der Waals surface area contributed by atoms with Crippen molar-refractivity contribution in [2.24, 2.45) is 0 Å². The Bertz CT molecular complexity index is 785. The summed E-state index contributed by atoms with van der Waals surface area (Å²) in [7, 11) is 0. The second-order valence-corrected chi connectivity index (χ2v) is 5.21. The van der Waals surface area contributed by atoms with Gasteiger partial charge in [0.25, 0.3) is 0 Å². The number of ketones is 1. The summed E-state index contributed by atoms with van der Waals surface area (Å²) in [4.78, 5) is 12.3.